The van der Waals surface area contributed by atoms with Crippen molar-refractivity contribution in [2.45, 2.75) is 13.0 Å². The van der Waals surface area contributed by atoms with E-state index in [1.54, 1.807) is 6.07 Å². The molecule has 0 aliphatic carbocycles. The van der Waals surface area contributed by atoms with Gasteiger partial charge >= 0.3 is 0 Å². The van der Waals surface area contributed by atoms with Crippen LogP contribution >= 0.6 is 11.3 Å². The molecule has 1 aliphatic heterocycles. The molecule has 0 bridgehead atoms. The van der Waals surface area contributed by atoms with Gasteiger partial charge in [-0.05, 0) is 11.6 Å². The Hall–Kier alpha value is -3.11. The van der Waals surface area contributed by atoms with E-state index in [9.17, 15) is 9.59 Å². The van der Waals surface area contributed by atoms with E-state index >= 15 is 0 Å². The zero-order valence-corrected chi connectivity index (χ0v) is 16.5. The van der Waals surface area contributed by atoms with Gasteiger partial charge in [-0.25, -0.2) is 4.68 Å². The quantitative estimate of drug-likeness (QED) is 0.648. The van der Waals surface area contributed by atoms with Crippen LogP contribution < -0.4 is 15.8 Å². The summed E-state index contributed by atoms with van der Waals surface area (Å²) in [6.07, 6.45) is 0.650. The number of ether oxygens (including phenoxy) is 1. The van der Waals surface area contributed by atoms with Crippen LogP contribution in [0.25, 0.3) is 0 Å². The molecular weight excluding hydrogens is 392 g/mol. The Kier molecular flexibility index (Phi) is 5.92. The van der Waals surface area contributed by atoms with Gasteiger partial charge in [0.05, 0.1) is 13.2 Å². The smallest absolute Gasteiger partial charge is 0.267 e. The zero-order chi connectivity index (χ0) is 20.1. The standard InChI is InChI=1S/C19H20N6O3S/c26-16(20-19-22-21-17(29-19)12-14-4-2-1-3-5-14)13-25-18(27)7-6-15(23-25)24-8-10-28-11-9-24/h1-7H,8-13H2,(H,20,22,26). The number of anilines is 2. The minimum absolute atomic E-state index is 0.190. The summed E-state index contributed by atoms with van der Waals surface area (Å²) < 4.78 is 6.49. The molecule has 4 rings (SSSR count). The van der Waals surface area contributed by atoms with Gasteiger partial charge in [-0.3, -0.25) is 14.9 Å². The van der Waals surface area contributed by atoms with E-state index in [1.807, 2.05) is 35.2 Å². The maximum Gasteiger partial charge on any atom is 0.267 e. The maximum absolute atomic E-state index is 12.4. The Balaban J connectivity index is 1.39. The van der Waals surface area contributed by atoms with Crippen LogP contribution in [-0.4, -0.2) is 52.2 Å². The Labute approximate surface area is 171 Å². The van der Waals surface area contributed by atoms with Crippen molar-refractivity contribution in [2.75, 3.05) is 36.5 Å². The highest BCUT2D eigenvalue weighted by atomic mass is 32.1. The molecule has 1 saturated heterocycles. The molecule has 29 heavy (non-hydrogen) atoms. The number of nitrogens with zero attached hydrogens (tertiary/aromatic N) is 5. The minimum Gasteiger partial charge on any atom is -0.378 e. The molecule has 9 nitrogen and oxygen atoms in total. The summed E-state index contributed by atoms with van der Waals surface area (Å²) in [5.74, 6) is 0.280. The average molecular weight is 412 g/mol. The molecule has 1 aliphatic rings. The van der Waals surface area contributed by atoms with Crippen molar-refractivity contribution in [1.29, 1.82) is 0 Å². The SMILES string of the molecule is O=C(Cn1nc(N2CCOCC2)ccc1=O)Nc1nnc(Cc2ccccc2)s1. The van der Waals surface area contributed by atoms with Crippen LogP contribution in [0.15, 0.2) is 47.3 Å². The normalized spacial score (nSPS) is 14.0. The van der Waals surface area contributed by atoms with E-state index in [1.165, 1.54) is 17.4 Å². The Bertz CT molecular complexity index is 1030. The second-order valence-corrected chi connectivity index (χ2v) is 7.56. The predicted octanol–water partition coefficient (Wildman–Crippen LogP) is 1.16. The van der Waals surface area contributed by atoms with Crippen LogP contribution in [0.3, 0.4) is 0 Å². The third-order valence-electron chi connectivity index (χ3n) is 4.39. The summed E-state index contributed by atoms with van der Waals surface area (Å²) in [6.45, 7) is 2.44. The second-order valence-electron chi connectivity index (χ2n) is 6.50. The average Bonchev–Trinajstić information content (AvgIpc) is 3.17. The molecule has 0 atom stereocenters. The van der Waals surface area contributed by atoms with E-state index in [0.717, 1.165) is 15.3 Å². The summed E-state index contributed by atoms with van der Waals surface area (Å²) in [5, 5.41) is 16.3. The summed E-state index contributed by atoms with van der Waals surface area (Å²) in [4.78, 5) is 26.5. The fourth-order valence-corrected chi connectivity index (χ4v) is 3.74. The molecule has 150 valence electrons. The summed E-state index contributed by atoms with van der Waals surface area (Å²) in [6, 6.07) is 13.0. The fraction of sp³-hybridized carbons (Fsp3) is 0.316. The number of amides is 1. The van der Waals surface area contributed by atoms with Gasteiger partial charge in [0, 0.05) is 25.6 Å². The van der Waals surface area contributed by atoms with Gasteiger partial charge in [-0.15, -0.1) is 10.2 Å². The number of benzene rings is 1. The van der Waals surface area contributed by atoms with Gasteiger partial charge in [0.1, 0.15) is 17.4 Å². The number of hydrogen-bond acceptors (Lipinski definition) is 8. The number of carbonyl (C=O) groups excluding carboxylic acids is 1. The lowest BCUT2D eigenvalue weighted by atomic mass is 10.2. The van der Waals surface area contributed by atoms with E-state index < -0.39 is 0 Å². The zero-order valence-electron chi connectivity index (χ0n) is 15.7. The lowest BCUT2D eigenvalue weighted by Gasteiger charge is -2.27. The van der Waals surface area contributed by atoms with Crippen LogP contribution in [-0.2, 0) is 22.5 Å². The Morgan fingerprint density at radius 3 is 2.69 bits per heavy atom. The van der Waals surface area contributed by atoms with Crippen LogP contribution in [0.5, 0.6) is 0 Å². The van der Waals surface area contributed by atoms with Crippen LogP contribution in [0.2, 0.25) is 0 Å². The van der Waals surface area contributed by atoms with E-state index in [4.69, 9.17) is 4.74 Å². The van der Waals surface area contributed by atoms with Gasteiger partial charge in [0.2, 0.25) is 11.0 Å². The highest BCUT2D eigenvalue weighted by Gasteiger charge is 2.15. The third kappa shape index (κ3) is 5.04. The molecular formula is C19H20N6O3S. The first-order chi connectivity index (χ1) is 14.2. The Morgan fingerprint density at radius 2 is 1.90 bits per heavy atom. The van der Waals surface area contributed by atoms with Gasteiger partial charge in [-0.1, -0.05) is 41.7 Å². The van der Waals surface area contributed by atoms with Crippen LogP contribution in [0.4, 0.5) is 10.9 Å². The highest BCUT2D eigenvalue weighted by Crippen LogP contribution is 2.18. The molecule has 0 radical (unpaired) electrons. The highest BCUT2D eigenvalue weighted by molar-refractivity contribution is 7.15. The van der Waals surface area contributed by atoms with Gasteiger partial charge < -0.3 is 9.64 Å². The van der Waals surface area contributed by atoms with Crippen LogP contribution in [0.1, 0.15) is 10.6 Å². The van der Waals surface area contributed by atoms with Crippen molar-refractivity contribution >= 4 is 28.2 Å². The number of hydrogen-bond donors (Lipinski definition) is 1. The summed E-state index contributed by atoms with van der Waals surface area (Å²) in [7, 11) is 0. The molecule has 0 unspecified atom stereocenters. The minimum atomic E-state index is -0.374. The molecule has 10 heteroatoms. The predicted molar refractivity (Wildman–Crippen MR) is 109 cm³/mol. The largest absolute Gasteiger partial charge is 0.378 e. The molecule has 1 fully saturated rings. The number of nitrogens with one attached hydrogen (secondary N) is 1. The van der Waals surface area contributed by atoms with Crippen LogP contribution in [0, 0.1) is 0 Å². The molecule has 1 aromatic carbocycles. The number of carbonyl (C=O) groups is 1. The first-order valence-corrected chi connectivity index (χ1v) is 10.1. The Morgan fingerprint density at radius 1 is 1.10 bits per heavy atom. The first kappa shape index (κ1) is 19.2. The maximum atomic E-state index is 12.4. The summed E-state index contributed by atoms with van der Waals surface area (Å²) in [5.41, 5.74) is 0.788. The lowest BCUT2D eigenvalue weighted by molar-refractivity contribution is -0.117. The molecule has 0 saturated carbocycles. The molecule has 1 amide bonds. The monoisotopic (exact) mass is 412 g/mol. The topological polar surface area (TPSA) is 102 Å². The molecule has 3 aromatic rings. The van der Waals surface area contributed by atoms with E-state index in [-0.39, 0.29) is 18.0 Å². The lowest BCUT2D eigenvalue weighted by Crippen LogP contribution is -2.38. The van der Waals surface area contributed by atoms with Gasteiger partial charge in [0.15, 0.2) is 0 Å². The number of morpholine rings is 1. The molecule has 3 heterocycles. The van der Waals surface area contributed by atoms with Crippen molar-refractivity contribution in [3.8, 4) is 0 Å². The van der Waals surface area contributed by atoms with Crippen molar-refractivity contribution in [1.82, 2.24) is 20.0 Å². The van der Waals surface area contributed by atoms with E-state index in [0.29, 0.717) is 43.7 Å². The number of aromatic nitrogens is 4. The second kappa shape index (κ2) is 8.93. The van der Waals surface area contributed by atoms with Crippen molar-refractivity contribution < 1.29 is 9.53 Å². The van der Waals surface area contributed by atoms with Gasteiger partial charge in [0.25, 0.3) is 5.56 Å². The van der Waals surface area contributed by atoms with Crippen molar-refractivity contribution in [3.63, 3.8) is 0 Å². The number of rotatable bonds is 6. The summed E-state index contributed by atoms with van der Waals surface area (Å²) >= 11 is 1.31. The molecule has 1 N–H and O–H groups in total. The third-order valence-corrected chi connectivity index (χ3v) is 5.23. The van der Waals surface area contributed by atoms with Crippen molar-refractivity contribution in [2.24, 2.45) is 0 Å². The fourth-order valence-electron chi connectivity index (χ4n) is 2.95. The molecule has 2 aromatic heterocycles. The van der Waals surface area contributed by atoms with Crippen molar-refractivity contribution in [3.05, 3.63) is 63.4 Å². The van der Waals surface area contributed by atoms with Gasteiger partial charge in [-0.2, -0.15) is 5.10 Å². The molecule has 0 spiro atoms. The first-order valence-electron chi connectivity index (χ1n) is 9.24. The van der Waals surface area contributed by atoms with E-state index in [2.05, 4.69) is 20.6 Å².